The van der Waals surface area contributed by atoms with Crippen LogP contribution in [0.2, 0.25) is 0 Å². The third-order valence-electron chi connectivity index (χ3n) is 3.69. The zero-order valence-electron chi connectivity index (χ0n) is 11.7. The lowest BCUT2D eigenvalue weighted by molar-refractivity contribution is 0.0961. The fraction of sp³-hybridized carbons (Fsp3) is 0.125. The van der Waals surface area contributed by atoms with Gasteiger partial charge in [-0.25, -0.2) is 9.97 Å². The quantitative estimate of drug-likeness (QED) is 0.770. The number of pyridine rings is 1. The Morgan fingerprint density at radius 2 is 2.09 bits per heavy atom. The second-order valence-electron chi connectivity index (χ2n) is 5.12. The van der Waals surface area contributed by atoms with Crippen molar-refractivity contribution in [2.75, 3.05) is 5.32 Å². The van der Waals surface area contributed by atoms with Gasteiger partial charge in [-0.2, -0.15) is 0 Å². The van der Waals surface area contributed by atoms with Crippen molar-refractivity contribution in [3.8, 4) is 0 Å². The molecule has 3 heterocycles. The minimum absolute atomic E-state index is 0.146. The van der Waals surface area contributed by atoms with E-state index in [4.69, 9.17) is 0 Å². The van der Waals surface area contributed by atoms with Gasteiger partial charge in [0.05, 0.1) is 5.52 Å². The summed E-state index contributed by atoms with van der Waals surface area (Å²) in [6, 6.07) is 10.1. The first kappa shape index (κ1) is 12.7. The zero-order valence-corrected chi connectivity index (χ0v) is 11.7. The number of hydrogen-bond donors (Lipinski definition) is 2. The summed E-state index contributed by atoms with van der Waals surface area (Å²) < 4.78 is 0. The lowest BCUT2D eigenvalue weighted by Gasteiger charge is -2.09. The molecule has 22 heavy (non-hydrogen) atoms. The molecule has 3 aromatic rings. The highest BCUT2D eigenvalue weighted by Crippen LogP contribution is 2.21. The molecule has 0 unspecified atom stereocenters. The van der Waals surface area contributed by atoms with Crippen molar-refractivity contribution in [3.05, 3.63) is 59.7 Å². The number of para-hydroxylation sites is 1. The largest absolute Gasteiger partial charge is 0.366 e. The van der Waals surface area contributed by atoms with Gasteiger partial charge in [0.2, 0.25) is 0 Å². The predicted octanol–water partition coefficient (Wildman–Crippen LogP) is 1.88. The first-order valence-electron chi connectivity index (χ1n) is 7.01. The molecule has 6 heteroatoms. The fourth-order valence-corrected chi connectivity index (χ4v) is 2.58. The van der Waals surface area contributed by atoms with E-state index in [0.717, 1.165) is 22.0 Å². The van der Waals surface area contributed by atoms with E-state index in [-0.39, 0.29) is 5.91 Å². The van der Waals surface area contributed by atoms with Gasteiger partial charge in [0.15, 0.2) is 0 Å². The number of aromatic nitrogens is 3. The second-order valence-corrected chi connectivity index (χ2v) is 5.12. The summed E-state index contributed by atoms with van der Waals surface area (Å²) in [5, 5.41) is 7.12. The predicted molar refractivity (Wildman–Crippen MR) is 82.3 cm³/mol. The molecule has 1 aromatic carbocycles. The third kappa shape index (κ3) is 2.14. The average molecular weight is 291 g/mol. The summed E-state index contributed by atoms with van der Waals surface area (Å²) in [4.78, 5) is 24.3. The number of fused-ring (bicyclic) bond motifs is 2. The van der Waals surface area contributed by atoms with Crippen LogP contribution in [0.15, 0.2) is 42.9 Å². The molecule has 0 radical (unpaired) electrons. The van der Waals surface area contributed by atoms with Gasteiger partial charge >= 0.3 is 0 Å². The van der Waals surface area contributed by atoms with Gasteiger partial charge in [-0.15, -0.1) is 0 Å². The Kier molecular flexibility index (Phi) is 2.93. The van der Waals surface area contributed by atoms with Crippen molar-refractivity contribution in [1.82, 2.24) is 20.3 Å². The Morgan fingerprint density at radius 3 is 3.05 bits per heavy atom. The fourth-order valence-electron chi connectivity index (χ4n) is 2.58. The Bertz CT molecular complexity index is 877. The van der Waals surface area contributed by atoms with Crippen LogP contribution in [0.5, 0.6) is 0 Å². The Labute approximate surface area is 126 Å². The molecule has 0 fully saturated rings. The minimum atomic E-state index is -0.146. The van der Waals surface area contributed by atoms with Crippen molar-refractivity contribution in [2.24, 2.45) is 0 Å². The number of rotatable bonds is 3. The number of amides is 1. The van der Waals surface area contributed by atoms with Gasteiger partial charge in [-0.1, -0.05) is 18.2 Å². The van der Waals surface area contributed by atoms with Crippen LogP contribution in [-0.2, 0) is 13.1 Å². The Morgan fingerprint density at radius 1 is 1.18 bits per heavy atom. The first-order chi connectivity index (χ1) is 10.8. The average Bonchev–Trinajstić information content (AvgIpc) is 2.95. The summed E-state index contributed by atoms with van der Waals surface area (Å²) in [7, 11) is 0. The van der Waals surface area contributed by atoms with Crippen LogP contribution in [-0.4, -0.2) is 20.9 Å². The maximum Gasteiger partial charge on any atom is 0.270 e. The van der Waals surface area contributed by atoms with Crippen LogP contribution in [0, 0.1) is 0 Å². The smallest absolute Gasteiger partial charge is 0.270 e. The van der Waals surface area contributed by atoms with E-state index in [2.05, 4.69) is 31.7 Å². The molecule has 0 aliphatic carbocycles. The molecule has 0 bridgehead atoms. The summed E-state index contributed by atoms with van der Waals surface area (Å²) in [6.07, 6.45) is 3.25. The molecular formula is C16H13N5O. The van der Waals surface area contributed by atoms with Crippen LogP contribution < -0.4 is 10.6 Å². The van der Waals surface area contributed by atoms with E-state index in [0.29, 0.717) is 24.6 Å². The van der Waals surface area contributed by atoms with E-state index >= 15 is 0 Å². The molecule has 1 aliphatic rings. The molecule has 1 amide bonds. The van der Waals surface area contributed by atoms with Crippen molar-refractivity contribution in [3.63, 3.8) is 0 Å². The monoisotopic (exact) mass is 291 g/mol. The second kappa shape index (κ2) is 5.07. The summed E-state index contributed by atoms with van der Waals surface area (Å²) in [5.41, 5.74) is 3.31. The number of carbonyl (C=O) groups excluding carboxylic acids is 1. The van der Waals surface area contributed by atoms with Gasteiger partial charge in [-0.05, 0) is 17.7 Å². The highest BCUT2D eigenvalue weighted by molar-refractivity contribution is 5.97. The maximum atomic E-state index is 11.6. The van der Waals surface area contributed by atoms with Crippen LogP contribution >= 0.6 is 0 Å². The van der Waals surface area contributed by atoms with Crippen LogP contribution in [0.25, 0.3) is 10.9 Å². The van der Waals surface area contributed by atoms with E-state index in [1.54, 1.807) is 0 Å². The van der Waals surface area contributed by atoms with Crippen molar-refractivity contribution in [1.29, 1.82) is 0 Å². The number of benzene rings is 1. The van der Waals surface area contributed by atoms with Crippen molar-refractivity contribution >= 4 is 22.6 Å². The summed E-state index contributed by atoms with van der Waals surface area (Å²) >= 11 is 0. The van der Waals surface area contributed by atoms with E-state index in [1.807, 2.05) is 30.5 Å². The van der Waals surface area contributed by atoms with Gasteiger partial charge in [0.1, 0.15) is 17.8 Å². The zero-order chi connectivity index (χ0) is 14.9. The molecular weight excluding hydrogens is 278 g/mol. The van der Waals surface area contributed by atoms with Gasteiger partial charge in [0, 0.05) is 30.2 Å². The summed E-state index contributed by atoms with van der Waals surface area (Å²) in [5.74, 6) is 0.546. The molecule has 108 valence electrons. The third-order valence-corrected chi connectivity index (χ3v) is 3.69. The highest BCUT2D eigenvalue weighted by Gasteiger charge is 2.23. The SMILES string of the molecule is O=C1NCc2c(NCc3cnc4ccccc4c3)ncnc21. The molecule has 2 N–H and O–H groups in total. The van der Waals surface area contributed by atoms with Crippen LogP contribution in [0.1, 0.15) is 21.6 Å². The molecule has 0 saturated carbocycles. The number of carbonyl (C=O) groups is 1. The molecule has 1 aliphatic heterocycles. The lowest BCUT2D eigenvalue weighted by atomic mass is 10.1. The van der Waals surface area contributed by atoms with Gasteiger partial charge in [-0.3, -0.25) is 9.78 Å². The molecule has 0 saturated heterocycles. The minimum Gasteiger partial charge on any atom is -0.366 e. The number of nitrogens with zero attached hydrogens (tertiary/aromatic N) is 3. The van der Waals surface area contributed by atoms with Crippen LogP contribution in [0.3, 0.4) is 0 Å². The highest BCUT2D eigenvalue weighted by atomic mass is 16.2. The van der Waals surface area contributed by atoms with Crippen molar-refractivity contribution < 1.29 is 4.79 Å². The first-order valence-corrected chi connectivity index (χ1v) is 7.01. The number of nitrogens with one attached hydrogen (secondary N) is 2. The van der Waals surface area contributed by atoms with Crippen molar-refractivity contribution in [2.45, 2.75) is 13.1 Å². The van der Waals surface area contributed by atoms with Gasteiger partial charge in [0.25, 0.3) is 5.91 Å². The number of hydrogen-bond acceptors (Lipinski definition) is 5. The molecule has 0 spiro atoms. The topological polar surface area (TPSA) is 79.8 Å². The Hall–Kier alpha value is -3.02. The molecule has 6 nitrogen and oxygen atoms in total. The van der Waals surface area contributed by atoms with Crippen LogP contribution in [0.4, 0.5) is 5.82 Å². The van der Waals surface area contributed by atoms with E-state index in [1.165, 1.54) is 6.33 Å². The van der Waals surface area contributed by atoms with E-state index < -0.39 is 0 Å². The standard InChI is InChI=1S/C16H13N5O/c22-16-14-12(8-19-16)15(21-9-20-14)18-7-10-5-11-3-1-2-4-13(11)17-6-10/h1-6,9H,7-8H2,(H,19,22)(H,18,20,21). The van der Waals surface area contributed by atoms with Gasteiger partial charge < -0.3 is 10.6 Å². The molecule has 0 atom stereocenters. The normalized spacial score (nSPS) is 13.0. The summed E-state index contributed by atoms with van der Waals surface area (Å²) in [6.45, 7) is 1.06. The number of anilines is 1. The lowest BCUT2D eigenvalue weighted by Crippen LogP contribution is -2.13. The maximum absolute atomic E-state index is 11.6. The Balaban J connectivity index is 1.58. The molecule has 2 aromatic heterocycles. The molecule has 4 rings (SSSR count). The van der Waals surface area contributed by atoms with E-state index in [9.17, 15) is 4.79 Å².